The molecule has 0 radical (unpaired) electrons. The number of carboxylic acids is 2. The van der Waals surface area contributed by atoms with Crippen LogP contribution in [0.15, 0.2) is 0 Å². The van der Waals surface area contributed by atoms with Gasteiger partial charge in [0.15, 0.2) is 5.60 Å². The normalized spacial score (nSPS) is 14.1. The molecule has 0 amide bonds. The number of ether oxygens (including phenoxy) is 1. The van der Waals surface area contributed by atoms with Gasteiger partial charge in [0, 0.05) is 0 Å². The minimum atomic E-state index is -2.63. The Bertz CT molecular complexity index is 411. The number of carbonyl (C=O) groups excluding carboxylic acids is 1. The highest BCUT2D eigenvalue weighted by atomic mass is 16.5. The van der Waals surface area contributed by atoms with E-state index in [0.29, 0.717) is 11.8 Å². The Labute approximate surface area is 136 Å². The van der Waals surface area contributed by atoms with Gasteiger partial charge in [0.25, 0.3) is 0 Å². The van der Waals surface area contributed by atoms with Gasteiger partial charge in [-0.25, -0.2) is 4.79 Å². The molecule has 1 unspecified atom stereocenters. The number of rotatable bonds is 11. The number of aliphatic carboxylic acids is 2. The molecule has 0 aromatic rings. The smallest absolute Gasteiger partial charge is 0.336 e. The van der Waals surface area contributed by atoms with Crippen LogP contribution < -0.4 is 0 Å². The summed E-state index contributed by atoms with van der Waals surface area (Å²) >= 11 is 0. The Balaban J connectivity index is 3.97. The lowest BCUT2D eigenvalue weighted by atomic mass is 9.89. The quantitative estimate of drug-likeness (QED) is 0.392. The molecule has 0 aromatic carbocycles. The predicted octanol–water partition coefficient (Wildman–Crippen LogP) is 2.21. The van der Waals surface area contributed by atoms with Crippen molar-refractivity contribution in [3.05, 3.63) is 0 Å². The monoisotopic (exact) mass is 332 g/mol. The summed E-state index contributed by atoms with van der Waals surface area (Å²) in [4.78, 5) is 33.0. The maximum absolute atomic E-state index is 11.5. The molecule has 7 nitrogen and oxygen atoms in total. The Hall–Kier alpha value is -1.63. The molecule has 3 N–H and O–H groups in total. The molecule has 0 fully saturated rings. The fourth-order valence-corrected chi connectivity index (χ4v) is 2.05. The van der Waals surface area contributed by atoms with Gasteiger partial charge in [-0.2, -0.15) is 0 Å². The van der Waals surface area contributed by atoms with Gasteiger partial charge in [0.1, 0.15) is 0 Å². The summed E-state index contributed by atoms with van der Waals surface area (Å²) in [5, 5.41) is 27.1. The molecule has 0 bridgehead atoms. The van der Waals surface area contributed by atoms with Gasteiger partial charge >= 0.3 is 17.9 Å². The van der Waals surface area contributed by atoms with Crippen molar-refractivity contribution in [1.82, 2.24) is 0 Å². The van der Waals surface area contributed by atoms with E-state index in [1.165, 1.54) is 0 Å². The summed E-state index contributed by atoms with van der Waals surface area (Å²) in [6.07, 6.45) is 2.85. The van der Waals surface area contributed by atoms with Crippen LogP contribution in [0.1, 0.15) is 65.7 Å². The first-order valence-electron chi connectivity index (χ1n) is 7.79. The molecule has 0 aliphatic rings. The summed E-state index contributed by atoms with van der Waals surface area (Å²) in [5.74, 6) is -4.16. The first-order valence-corrected chi connectivity index (χ1v) is 7.79. The lowest BCUT2D eigenvalue weighted by Crippen LogP contribution is -2.43. The molecule has 0 aliphatic heterocycles. The lowest BCUT2D eigenvalue weighted by Gasteiger charge is -2.20. The average Bonchev–Trinajstić information content (AvgIpc) is 2.34. The Morgan fingerprint density at radius 2 is 1.48 bits per heavy atom. The van der Waals surface area contributed by atoms with Gasteiger partial charge in [-0.1, -0.05) is 40.0 Å². The third-order valence-corrected chi connectivity index (χ3v) is 3.36. The van der Waals surface area contributed by atoms with Crippen molar-refractivity contribution in [2.45, 2.75) is 71.3 Å². The molecule has 0 heterocycles. The fourth-order valence-electron chi connectivity index (χ4n) is 2.05. The van der Waals surface area contributed by atoms with E-state index in [0.717, 1.165) is 25.7 Å². The highest BCUT2D eigenvalue weighted by Gasteiger charge is 2.41. The molecule has 23 heavy (non-hydrogen) atoms. The molecule has 0 rings (SSSR count). The van der Waals surface area contributed by atoms with Crippen LogP contribution >= 0.6 is 0 Å². The molecule has 134 valence electrons. The minimum Gasteiger partial charge on any atom is -0.481 e. The van der Waals surface area contributed by atoms with Crippen LogP contribution in [-0.4, -0.2) is 45.4 Å². The van der Waals surface area contributed by atoms with Crippen molar-refractivity contribution >= 4 is 17.9 Å². The van der Waals surface area contributed by atoms with Gasteiger partial charge in [-0.15, -0.1) is 0 Å². The Kier molecular flexibility index (Phi) is 8.82. The SMILES string of the molecule is CC(C)(C)CCCCCCOC(=O)CC(O)(CC(=O)O)C(=O)O. The number of hydrogen-bond donors (Lipinski definition) is 3. The molecule has 0 spiro atoms. The van der Waals surface area contributed by atoms with Crippen LogP contribution in [0.5, 0.6) is 0 Å². The number of unbranched alkanes of at least 4 members (excludes halogenated alkanes) is 3. The maximum Gasteiger partial charge on any atom is 0.336 e. The molecule has 0 saturated carbocycles. The minimum absolute atomic E-state index is 0.136. The molecule has 7 heteroatoms. The van der Waals surface area contributed by atoms with Crippen LogP contribution in [-0.2, 0) is 19.1 Å². The van der Waals surface area contributed by atoms with Crippen molar-refractivity contribution < 1.29 is 34.4 Å². The second-order valence-corrected chi connectivity index (χ2v) is 7.03. The predicted molar refractivity (Wildman–Crippen MR) is 83.0 cm³/mol. The van der Waals surface area contributed by atoms with Crippen molar-refractivity contribution in [1.29, 1.82) is 0 Å². The van der Waals surface area contributed by atoms with Crippen LogP contribution in [0.25, 0.3) is 0 Å². The molecule has 0 saturated heterocycles. The number of esters is 1. The van der Waals surface area contributed by atoms with Gasteiger partial charge in [0.05, 0.1) is 19.4 Å². The first kappa shape index (κ1) is 21.4. The zero-order valence-corrected chi connectivity index (χ0v) is 14.1. The van der Waals surface area contributed by atoms with Crippen LogP contribution in [0.2, 0.25) is 0 Å². The van der Waals surface area contributed by atoms with Crippen LogP contribution in [0.4, 0.5) is 0 Å². The van der Waals surface area contributed by atoms with E-state index < -0.39 is 36.4 Å². The largest absolute Gasteiger partial charge is 0.481 e. The summed E-state index contributed by atoms with van der Waals surface area (Å²) < 4.78 is 4.86. The fraction of sp³-hybridized carbons (Fsp3) is 0.812. The number of hydrogen-bond acceptors (Lipinski definition) is 5. The number of carboxylic acid groups (broad SMARTS) is 2. The van der Waals surface area contributed by atoms with Crippen molar-refractivity contribution in [2.75, 3.05) is 6.61 Å². The lowest BCUT2D eigenvalue weighted by molar-refractivity contribution is -0.172. The van der Waals surface area contributed by atoms with Crippen LogP contribution in [0.3, 0.4) is 0 Å². The molecule has 0 aromatic heterocycles. The summed E-state index contributed by atoms with van der Waals surface area (Å²) in [6.45, 7) is 6.66. The second kappa shape index (κ2) is 9.50. The highest BCUT2D eigenvalue weighted by molar-refractivity contribution is 5.88. The molecular formula is C16H28O7. The zero-order valence-electron chi connectivity index (χ0n) is 14.1. The van der Waals surface area contributed by atoms with Gasteiger partial charge < -0.3 is 20.1 Å². The maximum atomic E-state index is 11.5. The van der Waals surface area contributed by atoms with Gasteiger partial charge in [0.2, 0.25) is 0 Å². The van der Waals surface area contributed by atoms with E-state index in [4.69, 9.17) is 14.9 Å². The van der Waals surface area contributed by atoms with Crippen molar-refractivity contribution in [3.8, 4) is 0 Å². The van der Waals surface area contributed by atoms with E-state index in [1.807, 2.05) is 0 Å². The number of carbonyl (C=O) groups is 3. The van der Waals surface area contributed by atoms with E-state index in [9.17, 15) is 19.5 Å². The highest BCUT2D eigenvalue weighted by Crippen LogP contribution is 2.22. The van der Waals surface area contributed by atoms with Gasteiger partial charge in [-0.3, -0.25) is 9.59 Å². The molecule has 0 aliphatic carbocycles. The average molecular weight is 332 g/mol. The molecule has 1 atom stereocenters. The number of aliphatic hydroxyl groups is 1. The Morgan fingerprint density at radius 1 is 0.913 bits per heavy atom. The summed E-state index contributed by atoms with van der Waals surface area (Å²) in [6, 6.07) is 0. The Morgan fingerprint density at radius 3 is 1.96 bits per heavy atom. The van der Waals surface area contributed by atoms with Crippen LogP contribution in [0, 0.1) is 5.41 Å². The van der Waals surface area contributed by atoms with E-state index >= 15 is 0 Å². The summed E-state index contributed by atoms with van der Waals surface area (Å²) in [5.41, 5.74) is -2.33. The second-order valence-electron chi connectivity index (χ2n) is 7.03. The van der Waals surface area contributed by atoms with E-state index in [-0.39, 0.29) is 6.61 Å². The van der Waals surface area contributed by atoms with Gasteiger partial charge in [-0.05, 0) is 18.3 Å². The summed E-state index contributed by atoms with van der Waals surface area (Å²) in [7, 11) is 0. The third-order valence-electron chi connectivity index (χ3n) is 3.36. The standard InChI is InChI=1S/C16H28O7/c1-15(2,3)8-6-4-5-7-9-23-13(19)11-16(22,14(20)21)10-12(17)18/h22H,4-11H2,1-3H3,(H,17,18)(H,20,21). The van der Waals surface area contributed by atoms with E-state index in [2.05, 4.69) is 20.8 Å². The van der Waals surface area contributed by atoms with Crippen molar-refractivity contribution in [3.63, 3.8) is 0 Å². The third kappa shape index (κ3) is 10.7. The van der Waals surface area contributed by atoms with E-state index in [1.54, 1.807) is 0 Å². The molecular weight excluding hydrogens is 304 g/mol. The topological polar surface area (TPSA) is 121 Å². The van der Waals surface area contributed by atoms with Crippen molar-refractivity contribution in [2.24, 2.45) is 5.41 Å². The zero-order chi connectivity index (χ0) is 18.1. The first-order chi connectivity index (χ1) is 10.5.